The number of carbonyl (C=O) groups is 1. The molecule has 2 N–H and O–H groups in total. The van der Waals surface area contributed by atoms with Crippen molar-refractivity contribution in [3.63, 3.8) is 0 Å². The van der Waals surface area contributed by atoms with Gasteiger partial charge in [-0.3, -0.25) is 0 Å². The van der Waals surface area contributed by atoms with Gasteiger partial charge in [0.2, 0.25) is 0 Å². The Hall–Kier alpha value is -0.610. The van der Waals surface area contributed by atoms with Crippen molar-refractivity contribution in [1.82, 2.24) is 0 Å². The minimum absolute atomic E-state index is 0.289. The second kappa shape index (κ2) is 11.5. The Bertz CT molecular complexity index is 148. The van der Waals surface area contributed by atoms with Crippen molar-refractivity contribution < 1.29 is 19.7 Å². The zero-order valence-electron chi connectivity index (χ0n) is 9.28. The summed E-state index contributed by atoms with van der Waals surface area (Å²) in [4.78, 5) is 10.5. The maximum Gasteiger partial charge on any atom is 0.331 e. The zero-order valence-corrected chi connectivity index (χ0v) is 9.28. The lowest BCUT2D eigenvalue weighted by Crippen LogP contribution is -2.09. The minimum atomic E-state index is -0.544. The molecular weight excluding hydrogens is 196 g/mol. The van der Waals surface area contributed by atoms with Gasteiger partial charge in [-0.2, -0.15) is 0 Å². The summed E-state index contributed by atoms with van der Waals surface area (Å²) in [5.74, 6) is -0.544. The molecule has 0 bridgehead atoms. The van der Waals surface area contributed by atoms with E-state index in [-0.39, 0.29) is 6.61 Å². The standard InChI is InChI=1S/C11H22O4/c12-8-6-4-2-1-3-5-7-9-15-11(14)10-13/h12-13H,1-10H2. The number of carbonyl (C=O) groups excluding carboxylic acids is 1. The third-order valence-electron chi connectivity index (χ3n) is 2.19. The van der Waals surface area contributed by atoms with Crippen LogP contribution in [-0.4, -0.2) is 36.0 Å². The Morgan fingerprint density at radius 1 is 0.867 bits per heavy atom. The Morgan fingerprint density at radius 3 is 1.93 bits per heavy atom. The smallest absolute Gasteiger partial charge is 0.331 e. The molecule has 0 aliphatic heterocycles. The lowest BCUT2D eigenvalue weighted by molar-refractivity contribution is -0.147. The lowest BCUT2D eigenvalue weighted by Gasteiger charge is -2.02. The maximum absolute atomic E-state index is 10.5. The van der Waals surface area contributed by atoms with Crippen LogP contribution >= 0.6 is 0 Å². The van der Waals surface area contributed by atoms with E-state index in [0.717, 1.165) is 38.5 Å². The minimum Gasteiger partial charge on any atom is -0.464 e. The van der Waals surface area contributed by atoms with Gasteiger partial charge in [0, 0.05) is 6.61 Å². The molecule has 4 heteroatoms. The molecule has 0 atom stereocenters. The van der Waals surface area contributed by atoms with Crippen molar-refractivity contribution in [2.24, 2.45) is 0 Å². The molecule has 0 aliphatic rings. The van der Waals surface area contributed by atoms with Gasteiger partial charge in [-0.15, -0.1) is 0 Å². The average Bonchev–Trinajstić information content (AvgIpc) is 2.26. The number of hydrogen-bond donors (Lipinski definition) is 2. The zero-order chi connectivity index (χ0) is 11.4. The summed E-state index contributed by atoms with van der Waals surface area (Å²) in [6, 6.07) is 0. The number of esters is 1. The summed E-state index contributed by atoms with van der Waals surface area (Å²) in [5, 5.41) is 16.9. The number of unbranched alkanes of at least 4 members (excludes halogenated alkanes) is 6. The van der Waals surface area contributed by atoms with Crippen LogP contribution in [0.1, 0.15) is 44.9 Å². The molecule has 0 aromatic heterocycles. The summed E-state index contributed by atoms with van der Waals surface area (Å²) in [5.41, 5.74) is 0. The van der Waals surface area contributed by atoms with E-state index in [1.807, 2.05) is 0 Å². The average molecular weight is 218 g/mol. The molecule has 0 saturated heterocycles. The fourth-order valence-electron chi connectivity index (χ4n) is 1.33. The summed E-state index contributed by atoms with van der Waals surface area (Å²) >= 11 is 0. The summed E-state index contributed by atoms with van der Waals surface area (Å²) in [6.07, 6.45) is 7.39. The van der Waals surface area contributed by atoms with E-state index in [4.69, 9.17) is 14.9 Å². The van der Waals surface area contributed by atoms with Crippen LogP contribution in [0.5, 0.6) is 0 Å². The first kappa shape index (κ1) is 14.4. The van der Waals surface area contributed by atoms with Crippen molar-refractivity contribution in [3.05, 3.63) is 0 Å². The predicted molar refractivity (Wildman–Crippen MR) is 57.4 cm³/mol. The first-order valence-corrected chi connectivity index (χ1v) is 5.68. The highest BCUT2D eigenvalue weighted by molar-refractivity contribution is 5.70. The third-order valence-corrected chi connectivity index (χ3v) is 2.19. The van der Waals surface area contributed by atoms with E-state index in [9.17, 15) is 4.79 Å². The Kier molecular flexibility index (Phi) is 11.0. The fraction of sp³-hybridized carbons (Fsp3) is 0.909. The highest BCUT2D eigenvalue weighted by atomic mass is 16.5. The fourth-order valence-corrected chi connectivity index (χ4v) is 1.33. The number of aliphatic hydroxyl groups excluding tert-OH is 2. The Labute approximate surface area is 91.3 Å². The van der Waals surface area contributed by atoms with Gasteiger partial charge >= 0.3 is 5.97 Å². The van der Waals surface area contributed by atoms with Gasteiger partial charge in [0.15, 0.2) is 0 Å². The summed E-state index contributed by atoms with van der Waals surface area (Å²) in [6.45, 7) is 0.175. The molecule has 90 valence electrons. The molecular formula is C11H22O4. The largest absolute Gasteiger partial charge is 0.464 e. The molecule has 15 heavy (non-hydrogen) atoms. The molecule has 0 amide bonds. The van der Waals surface area contributed by atoms with Crippen molar-refractivity contribution in [2.45, 2.75) is 44.9 Å². The van der Waals surface area contributed by atoms with Crippen molar-refractivity contribution in [3.8, 4) is 0 Å². The van der Waals surface area contributed by atoms with Gasteiger partial charge in [0.25, 0.3) is 0 Å². The van der Waals surface area contributed by atoms with Crippen LogP contribution in [0.2, 0.25) is 0 Å². The van der Waals surface area contributed by atoms with Crippen molar-refractivity contribution >= 4 is 5.97 Å². The number of rotatable bonds is 10. The highest BCUT2D eigenvalue weighted by Crippen LogP contribution is 2.06. The van der Waals surface area contributed by atoms with Crippen LogP contribution in [0, 0.1) is 0 Å². The van der Waals surface area contributed by atoms with Crippen LogP contribution in [0.3, 0.4) is 0 Å². The van der Waals surface area contributed by atoms with Gasteiger partial charge in [-0.25, -0.2) is 4.79 Å². The van der Waals surface area contributed by atoms with Crippen LogP contribution in [0.25, 0.3) is 0 Å². The van der Waals surface area contributed by atoms with E-state index in [2.05, 4.69) is 0 Å². The molecule has 0 aliphatic carbocycles. The Balaban J connectivity index is 2.95. The molecule has 0 unspecified atom stereocenters. The van der Waals surface area contributed by atoms with Crippen LogP contribution in [0.4, 0.5) is 0 Å². The number of ether oxygens (including phenoxy) is 1. The number of hydrogen-bond acceptors (Lipinski definition) is 4. The summed E-state index contributed by atoms with van der Waals surface area (Å²) in [7, 11) is 0. The first-order valence-electron chi connectivity index (χ1n) is 5.68. The normalized spacial score (nSPS) is 10.3. The van der Waals surface area contributed by atoms with Crippen LogP contribution in [0.15, 0.2) is 0 Å². The van der Waals surface area contributed by atoms with E-state index in [1.54, 1.807) is 0 Å². The molecule has 0 rings (SSSR count). The highest BCUT2D eigenvalue weighted by Gasteiger charge is 1.98. The topological polar surface area (TPSA) is 66.8 Å². The van der Waals surface area contributed by atoms with E-state index in [0.29, 0.717) is 6.61 Å². The van der Waals surface area contributed by atoms with Gasteiger partial charge in [-0.1, -0.05) is 32.1 Å². The molecule has 0 aromatic rings. The van der Waals surface area contributed by atoms with Crippen LogP contribution in [-0.2, 0) is 9.53 Å². The van der Waals surface area contributed by atoms with Gasteiger partial charge < -0.3 is 14.9 Å². The second-order valence-corrected chi connectivity index (χ2v) is 3.58. The molecule has 0 saturated carbocycles. The van der Waals surface area contributed by atoms with Crippen molar-refractivity contribution in [1.29, 1.82) is 0 Å². The van der Waals surface area contributed by atoms with Crippen molar-refractivity contribution in [2.75, 3.05) is 19.8 Å². The molecule has 0 heterocycles. The van der Waals surface area contributed by atoms with E-state index < -0.39 is 12.6 Å². The molecule has 0 spiro atoms. The summed E-state index contributed by atoms with van der Waals surface area (Å²) < 4.78 is 4.71. The molecule has 0 radical (unpaired) electrons. The second-order valence-electron chi connectivity index (χ2n) is 3.58. The number of aliphatic hydroxyl groups is 2. The Morgan fingerprint density at radius 2 is 1.40 bits per heavy atom. The SMILES string of the molecule is O=C(CO)OCCCCCCCCCO. The quantitative estimate of drug-likeness (QED) is 0.428. The van der Waals surface area contributed by atoms with Gasteiger partial charge in [-0.05, 0) is 12.8 Å². The van der Waals surface area contributed by atoms with E-state index in [1.165, 1.54) is 6.42 Å². The van der Waals surface area contributed by atoms with Gasteiger partial charge in [0.05, 0.1) is 6.61 Å². The molecule has 0 fully saturated rings. The lowest BCUT2D eigenvalue weighted by atomic mass is 10.1. The van der Waals surface area contributed by atoms with Crippen LogP contribution < -0.4 is 0 Å². The molecule has 0 aromatic carbocycles. The molecule has 4 nitrogen and oxygen atoms in total. The van der Waals surface area contributed by atoms with Gasteiger partial charge in [0.1, 0.15) is 6.61 Å². The monoisotopic (exact) mass is 218 g/mol. The predicted octanol–water partition coefficient (Wildman–Crippen LogP) is 1.24. The maximum atomic E-state index is 10.5. The van der Waals surface area contributed by atoms with E-state index >= 15 is 0 Å². The third kappa shape index (κ3) is 11.3. The first-order chi connectivity index (χ1) is 7.31.